The molecule has 0 bridgehead atoms. The van der Waals surface area contributed by atoms with Gasteiger partial charge in [-0.25, -0.2) is 4.39 Å². The molecule has 3 rings (SSSR count). The lowest BCUT2D eigenvalue weighted by atomic mass is 9.84. The Kier molecular flexibility index (Phi) is 2.89. The summed E-state index contributed by atoms with van der Waals surface area (Å²) in [6, 6.07) is 6.87. The van der Waals surface area contributed by atoms with E-state index in [1.807, 2.05) is 12.1 Å². The highest BCUT2D eigenvalue weighted by atomic mass is 19.1. The van der Waals surface area contributed by atoms with Crippen LogP contribution in [-0.2, 0) is 4.74 Å². The Bertz CT molecular complexity index is 384. The van der Waals surface area contributed by atoms with Crippen molar-refractivity contribution in [3.8, 4) is 0 Å². The Morgan fingerprint density at radius 3 is 2.59 bits per heavy atom. The third-order valence-electron chi connectivity index (χ3n) is 4.07. The summed E-state index contributed by atoms with van der Waals surface area (Å²) in [5.41, 5.74) is 1.30. The van der Waals surface area contributed by atoms with E-state index in [2.05, 4.69) is 5.32 Å². The molecule has 2 aliphatic rings. The Hall–Kier alpha value is -0.930. The zero-order valence-corrected chi connectivity index (χ0v) is 9.92. The fourth-order valence-electron chi connectivity index (χ4n) is 3.02. The van der Waals surface area contributed by atoms with Crippen LogP contribution in [-0.4, -0.2) is 25.3 Å². The number of nitrogens with one attached hydrogen (secondary N) is 1. The van der Waals surface area contributed by atoms with Crippen LogP contribution in [0.15, 0.2) is 24.3 Å². The summed E-state index contributed by atoms with van der Waals surface area (Å²) in [5, 5.41) is 3.37. The Morgan fingerprint density at radius 1 is 1.18 bits per heavy atom. The van der Waals surface area contributed by atoms with Gasteiger partial charge in [0.25, 0.3) is 0 Å². The normalized spacial score (nSPS) is 27.5. The van der Waals surface area contributed by atoms with Crippen molar-refractivity contribution in [3.63, 3.8) is 0 Å². The molecule has 0 amide bonds. The zero-order valence-electron chi connectivity index (χ0n) is 9.92. The lowest BCUT2D eigenvalue weighted by Crippen LogP contribution is -2.41. The van der Waals surface area contributed by atoms with Crippen LogP contribution in [0, 0.1) is 5.82 Å². The highest BCUT2D eigenvalue weighted by Crippen LogP contribution is 2.41. The number of hydrogen-bond acceptors (Lipinski definition) is 2. The summed E-state index contributed by atoms with van der Waals surface area (Å²) in [5.74, 6) is 0.276. The van der Waals surface area contributed by atoms with Crippen molar-refractivity contribution in [2.45, 2.75) is 30.8 Å². The van der Waals surface area contributed by atoms with Gasteiger partial charge in [-0.05, 0) is 50.0 Å². The molecule has 0 saturated carbocycles. The van der Waals surface area contributed by atoms with Crippen molar-refractivity contribution in [2.75, 3.05) is 19.7 Å². The van der Waals surface area contributed by atoms with Crippen LogP contribution in [0.5, 0.6) is 0 Å². The second-order valence-electron chi connectivity index (χ2n) is 5.20. The first-order chi connectivity index (χ1) is 8.27. The average molecular weight is 235 g/mol. The van der Waals surface area contributed by atoms with E-state index in [1.165, 1.54) is 5.56 Å². The number of benzene rings is 1. The molecule has 2 heterocycles. The van der Waals surface area contributed by atoms with Crippen LogP contribution in [0.4, 0.5) is 4.39 Å². The number of halogens is 1. The summed E-state index contributed by atoms with van der Waals surface area (Å²) in [6.45, 7) is 2.89. The van der Waals surface area contributed by atoms with E-state index in [9.17, 15) is 4.39 Å². The van der Waals surface area contributed by atoms with Gasteiger partial charge in [0, 0.05) is 5.92 Å². The SMILES string of the molecule is Fc1ccc(C2COC3(CCNCC3)C2)cc1. The molecule has 3 heteroatoms. The minimum Gasteiger partial charge on any atom is -0.374 e. The Balaban J connectivity index is 1.72. The topological polar surface area (TPSA) is 21.3 Å². The molecule has 1 N–H and O–H groups in total. The molecule has 1 aromatic carbocycles. The van der Waals surface area contributed by atoms with Gasteiger partial charge in [-0.1, -0.05) is 12.1 Å². The summed E-state index contributed by atoms with van der Waals surface area (Å²) in [7, 11) is 0. The van der Waals surface area contributed by atoms with Crippen molar-refractivity contribution >= 4 is 0 Å². The van der Waals surface area contributed by atoms with Crippen LogP contribution in [0.3, 0.4) is 0 Å². The second-order valence-corrected chi connectivity index (χ2v) is 5.20. The minimum atomic E-state index is -0.163. The molecule has 1 unspecified atom stereocenters. The predicted octanol–water partition coefficient (Wildman–Crippen LogP) is 2.45. The number of hydrogen-bond donors (Lipinski definition) is 1. The van der Waals surface area contributed by atoms with Gasteiger partial charge in [0.05, 0.1) is 12.2 Å². The molecular formula is C14H18FNO. The molecule has 0 aromatic heterocycles. The van der Waals surface area contributed by atoms with Crippen molar-refractivity contribution in [1.82, 2.24) is 5.32 Å². The van der Waals surface area contributed by atoms with Crippen LogP contribution < -0.4 is 5.32 Å². The maximum absolute atomic E-state index is 12.9. The van der Waals surface area contributed by atoms with Crippen LogP contribution >= 0.6 is 0 Å². The van der Waals surface area contributed by atoms with Crippen LogP contribution in [0.25, 0.3) is 0 Å². The third kappa shape index (κ3) is 2.22. The van der Waals surface area contributed by atoms with Crippen LogP contribution in [0.1, 0.15) is 30.7 Å². The first-order valence-electron chi connectivity index (χ1n) is 6.38. The lowest BCUT2D eigenvalue weighted by molar-refractivity contribution is -0.0193. The van der Waals surface area contributed by atoms with Crippen molar-refractivity contribution in [1.29, 1.82) is 0 Å². The summed E-state index contributed by atoms with van der Waals surface area (Å²) < 4.78 is 18.9. The largest absolute Gasteiger partial charge is 0.374 e. The van der Waals surface area contributed by atoms with E-state index in [1.54, 1.807) is 12.1 Å². The van der Waals surface area contributed by atoms with E-state index in [0.717, 1.165) is 39.0 Å². The monoisotopic (exact) mass is 235 g/mol. The average Bonchev–Trinajstić information content (AvgIpc) is 2.75. The quantitative estimate of drug-likeness (QED) is 0.807. The van der Waals surface area contributed by atoms with Gasteiger partial charge < -0.3 is 10.1 Å². The highest BCUT2D eigenvalue weighted by molar-refractivity contribution is 5.22. The number of piperidine rings is 1. The van der Waals surface area contributed by atoms with Crippen molar-refractivity contribution in [3.05, 3.63) is 35.6 Å². The molecule has 2 saturated heterocycles. The van der Waals surface area contributed by atoms with Gasteiger partial charge in [-0.15, -0.1) is 0 Å². The Labute approximate surface area is 101 Å². The van der Waals surface area contributed by atoms with Gasteiger partial charge in [-0.2, -0.15) is 0 Å². The van der Waals surface area contributed by atoms with E-state index in [-0.39, 0.29) is 11.4 Å². The smallest absolute Gasteiger partial charge is 0.123 e. The maximum Gasteiger partial charge on any atom is 0.123 e. The molecule has 1 aromatic rings. The number of ether oxygens (including phenoxy) is 1. The maximum atomic E-state index is 12.9. The first kappa shape index (κ1) is 11.2. The second kappa shape index (κ2) is 4.39. The first-order valence-corrected chi connectivity index (χ1v) is 6.38. The fraction of sp³-hybridized carbons (Fsp3) is 0.571. The van der Waals surface area contributed by atoms with Crippen molar-refractivity contribution in [2.24, 2.45) is 0 Å². The molecule has 1 atom stereocenters. The summed E-state index contributed by atoms with van der Waals surface area (Å²) >= 11 is 0. The standard InChI is InChI=1S/C14H18FNO/c15-13-3-1-11(2-4-13)12-9-14(17-10-12)5-7-16-8-6-14/h1-4,12,16H,5-10H2. The van der Waals surface area contributed by atoms with Gasteiger partial charge in [-0.3, -0.25) is 0 Å². The van der Waals surface area contributed by atoms with Gasteiger partial charge in [0.15, 0.2) is 0 Å². The predicted molar refractivity (Wildman–Crippen MR) is 64.5 cm³/mol. The fourth-order valence-corrected chi connectivity index (χ4v) is 3.02. The van der Waals surface area contributed by atoms with E-state index < -0.39 is 0 Å². The zero-order chi connectivity index (χ0) is 11.7. The molecule has 0 aliphatic carbocycles. The molecule has 17 heavy (non-hydrogen) atoms. The molecule has 92 valence electrons. The van der Waals surface area contributed by atoms with E-state index in [4.69, 9.17) is 4.74 Å². The van der Waals surface area contributed by atoms with Gasteiger partial charge in [0.1, 0.15) is 5.82 Å². The summed E-state index contributed by atoms with van der Waals surface area (Å²) in [6.07, 6.45) is 3.29. The van der Waals surface area contributed by atoms with E-state index >= 15 is 0 Å². The third-order valence-corrected chi connectivity index (χ3v) is 4.07. The van der Waals surface area contributed by atoms with Gasteiger partial charge in [0.2, 0.25) is 0 Å². The molecule has 2 aliphatic heterocycles. The number of rotatable bonds is 1. The highest BCUT2D eigenvalue weighted by Gasteiger charge is 2.41. The molecule has 2 nitrogen and oxygen atoms in total. The molecule has 2 fully saturated rings. The molecule has 1 spiro atoms. The minimum absolute atomic E-state index is 0.0876. The van der Waals surface area contributed by atoms with E-state index in [0.29, 0.717) is 5.92 Å². The lowest BCUT2D eigenvalue weighted by Gasteiger charge is -2.33. The van der Waals surface area contributed by atoms with Gasteiger partial charge >= 0.3 is 0 Å². The van der Waals surface area contributed by atoms with Crippen molar-refractivity contribution < 1.29 is 9.13 Å². The Morgan fingerprint density at radius 2 is 1.88 bits per heavy atom. The van der Waals surface area contributed by atoms with Crippen LogP contribution in [0.2, 0.25) is 0 Å². The molecular weight excluding hydrogens is 217 g/mol. The molecule has 0 radical (unpaired) electrons. The summed E-state index contributed by atoms with van der Waals surface area (Å²) in [4.78, 5) is 0.